The Morgan fingerprint density at radius 3 is 2.07 bits per heavy atom. The average molecular weight is 421 g/mol. The summed E-state index contributed by atoms with van der Waals surface area (Å²) in [5, 5.41) is 0. The summed E-state index contributed by atoms with van der Waals surface area (Å²) in [4.78, 5) is -0.412. The second kappa shape index (κ2) is 8.36. The summed E-state index contributed by atoms with van der Waals surface area (Å²) in [5.74, 6) is -0.642. The zero-order valence-electron chi connectivity index (χ0n) is 15.5. The molecule has 0 aromatic heterocycles. The number of rotatable bonds is 7. The molecule has 3 aromatic rings. The second-order valence-electron chi connectivity index (χ2n) is 5.82. The van der Waals surface area contributed by atoms with Gasteiger partial charge in [-0.2, -0.15) is 0 Å². The summed E-state index contributed by atoms with van der Waals surface area (Å²) < 4.78 is 69.8. The van der Waals surface area contributed by atoms with E-state index in [9.17, 15) is 17.2 Å². The first-order valence-electron chi connectivity index (χ1n) is 8.30. The number of ether oxygens (including phenoxy) is 3. The van der Waals surface area contributed by atoms with Gasteiger partial charge in [-0.15, -0.1) is 0 Å². The maximum absolute atomic E-state index is 13.4. The van der Waals surface area contributed by atoms with Gasteiger partial charge in [0.25, 0.3) is 10.0 Å². The lowest BCUT2D eigenvalue weighted by Crippen LogP contribution is -2.13. The molecule has 0 fully saturated rings. The van der Waals surface area contributed by atoms with Gasteiger partial charge in [0.15, 0.2) is 23.1 Å². The highest BCUT2D eigenvalue weighted by atomic mass is 32.2. The van der Waals surface area contributed by atoms with Gasteiger partial charge in [-0.05, 0) is 54.6 Å². The fourth-order valence-electron chi connectivity index (χ4n) is 2.45. The molecule has 0 aliphatic rings. The zero-order chi connectivity index (χ0) is 21.0. The van der Waals surface area contributed by atoms with Crippen molar-refractivity contribution in [3.63, 3.8) is 0 Å². The number of methoxy groups -OCH3 is 2. The third-order valence-corrected chi connectivity index (χ3v) is 5.28. The maximum Gasteiger partial charge on any atom is 0.262 e. The minimum absolute atomic E-state index is 0.152. The largest absolute Gasteiger partial charge is 0.497 e. The van der Waals surface area contributed by atoms with E-state index in [0.29, 0.717) is 23.3 Å². The average Bonchev–Trinajstić information content (AvgIpc) is 2.70. The molecule has 152 valence electrons. The molecule has 1 N–H and O–H groups in total. The molecule has 0 spiro atoms. The highest BCUT2D eigenvalue weighted by Gasteiger charge is 2.18. The highest BCUT2D eigenvalue weighted by Crippen LogP contribution is 2.35. The van der Waals surface area contributed by atoms with Crippen LogP contribution < -0.4 is 18.9 Å². The van der Waals surface area contributed by atoms with Crippen molar-refractivity contribution in [1.29, 1.82) is 0 Å². The van der Waals surface area contributed by atoms with Gasteiger partial charge in [-0.25, -0.2) is 17.2 Å². The predicted octanol–water partition coefficient (Wildman–Crippen LogP) is 4.58. The Labute approximate surface area is 166 Å². The Balaban J connectivity index is 1.88. The van der Waals surface area contributed by atoms with Crippen molar-refractivity contribution in [3.05, 3.63) is 72.3 Å². The number of hydrogen-bond donors (Lipinski definition) is 1. The monoisotopic (exact) mass is 421 g/mol. The summed E-state index contributed by atoms with van der Waals surface area (Å²) in [6, 6.07) is 13.5. The smallest absolute Gasteiger partial charge is 0.262 e. The normalized spacial score (nSPS) is 11.0. The Bertz CT molecular complexity index is 1120. The molecule has 0 bridgehead atoms. The molecule has 6 nitrogen and oxygen atoms in total. The molecule has 0 radical (unpaired) electrons. The molecule has 9 heteroatoms. The van der Waals surface area contributed by atoms with Crippen LogP contribution in [0.1, 0.15) is 0 Å². The van der Waals surface area contributed by atoms with E-state index in [1.54, 1.807) is 31.4 Å². The van der Waals surface area contributed by atoms with Crippen LogP contribution in [0.15, 0.2) is 65.6 Å². The van der Waals surface area contributed by atoms with Gasteiger partial charge in [0.2, 0.25) is 0 Å². The molecule has 3 aromatic carbocycles. The zero-order valence-corrected chi connectivity index (χ0v) is 16.3. The molecular weight excluding hydrogens is 404 g/mol. The van der Waals surface area contributed by atoms with E-state index in [1.807, 2.05) is 0 Å². The van der Waals surface area contributed by atoms with Crippen molar-refractivity contribution < 1.29 is 31.4 Å². The van der Waals surface area contributed by atoms with Crippen LogP contribution in [0.2, 0.25) is 0 Å². The number of benzene rings is 3. The number of nitrogens with one attached hydrogen (secondary N) is 1. The Hall–Kier alpha value is -3.33. The van der Waals surface area contributed by atoms with Gasteiger partial charge in [0.1, 0.15) is 11.5 Å². The van der Waals surface area contributed by atoms with Gasteiger partial charge in [-0.3, -0.25) is 4.72 Å². The topological polar surface area (TPSA) is 73.9 Å². The van der Waals surface area contributed by atoms with E-state index in [2.05, 4.69) is 4.72 Å². The van der Waals surface area contributed by atoms with E-state index >= 15 is 0 Å². The maximum atomic E-state index is 13.4. The molecule has 0 unspecified atom stereocenters. The molecule has 0 aliphatic heterocycles. The molecule has 0 saturated heterocycles. The minimum atomic E-state index is -4.14. The van der Waals surface area contributed by atoms with E-state index < -0.39 is 26.6 Å². The molecule has 0 aliphatic carbocycles. The van der Waals surface area contributed by atoms with Crippen molar-refractivity contribution in [1.82, 2.24) is 0 Å². The van der Waals surface area contributed by atoms with Crippen molar-refractivity contribution in [2.24, 2.45) is 0 Å². The van der Waals surface area contributed by atoms with E-state index in [-0.39, 0.29) is 11.4 Å². The third kappa shape index (κ3) is 4.75. The lowest BCUT2D eigenvalue weighted by atomic mass is 10.2. The van der Waals surface area contributed by atoms with E-state index in [0.717, 1.165) is 12.1 Å². The van der Waals surface area contributed by atoms with Crippen molar-refractivity contribution in [3.8, 4) is 23.0 Å². The summed E-state index contributed by atoms with van der Waals surface area (Å²) in [6.45, 7) is 0. The lowest BCUT2D eigenvalue weighted by Gasteiger charge is -2.14. The quantitative estimate of drug-likeness (QED) is 0.605. The first-order valence-corrected chi connectivity index (χ1v) is 9.78. The van der Waals surface area contributed by atoms with Crippen LogP contribution in [-0.4, -0.2) is 22.6 Å². The van der Waals surface area contributed by atoms with Crippen LogP contribution in [-0.2, 0) is 10.0 Å². The Morgan fingerprint density at radius 1 is 0.759 bits per heavy atom. The number of anilines is 1. The second-order valence-corrected chi connectivity index (χ2v) is 7.51. The van der Waals surface area contributed by atoms with Gasteiger partial charge < -0.3 is 14.2 Å². The minimum Gasteiger partial charge on any atom is -0.497 e. The van der Waals surface area contributed by atoms with Gasteiger partial charge in [0, 0.05) is 6.07 Å². The molecule has 0 saturated carbocycles. The molecule has 0 amide bonds. The van der Waals surface area contributed by atoms with Crippen molar-refractivity contribution in [2.75, 3.05) is 18.9 Å². The van der Waals surface area contributed by atoms with Crippen LogP contribution in [0.5, 0.6) is 23.0 Å². The standard InChI is InChI=1S/C20H17F2NO5S/c1-26-14-4-6-15(7-5-14)28-20-11-13(3-10-19(20)27-2)23-29(24,25)16-8-9-17(21)18(22)12-16/h3-12,23H,1-2H3. The van der Waals surface area contributed by atoms with Crippen LogP contribution in [0.25, 0.3) is 0 Å². The van der Waals surface area contributed by atoms with Crippen LogP contribution in [0.4, 0.5) is 14.5 Å². The third-order valence-electron chi connectivity index (χ3n) is 3.90. The highest BCUT2D eigenvalue weighted by molar-refractivity contribution is 7.92. The molecule has 0 atom stereocenters. The lowest BCUT2D eigenvalue weighted by molar-refractivity contribution is 0.378. The molecule has 29 heavy (non-hydrogen) atoms. The SMILES string of the molecule is COc1ccc(Oc2cc(NS(=O)(=O)c3ccc(F)c(F)c3)ccc2OC)cc1. The van der Waals surface area contributed by atoms with Crippen molar-refractivity contribution in [2.45, 2.75) is 4.90 Å². The molecule has 0 heterocycles. The predicted molar refractivity (Wildman–Crippen MR) is 103 cm³/mol. The van der Waals surface area contributed by atoms with Gasteiger partial charge >= 0.3 is 0 Å². The fourth-order valence-corrected chi connectivity index (χ4v) is 3.51. The Kier molecular flexibility index (Phi) is 5.88. The van der Waals surface area contributed by atoms with Crippen LogP contribution in [0, 0.1) is 11.6 Å². The number of sulfonamides is 1. The summed E-state index contributed by atoms with van der Waals surface area (Å²) in [5.41, 5.74) is 0.152. The Morgan fingerprint density at radius 2 is 1.45 bits per heavy atom. The number of hydrogen-bond acceptors (Lipinski definition) is 5. The van der Waals surface area contributed by atoms with Crippen LogP contribution >= 0.6 is 0 Å². The van der Waals surface area contributed by atoms with E-state index in [1.165, 1.54) is 25.3 Å². The molecular formula is C20H17F2NO5S. The van der Waals surface area contributed by atoms with Crippen molar-refractivity contribution >= 4 is 15.7 Å². The van der Waals surface area contributed by atoms with Gasteiger partial charge in [-0.1, -0.05) is 0 Å². The fraction of sp³-hybridized carbons (Fsp3) is 0.100. The van der Waals surface area contributed by atoms with Crippen LogP contribution in [0.3, 0.4) is 0 Å². The summed E-state index contributed by atoms with van der Waals surface area (Å²) in [6.07, 6.45) is 0. The number of halogens is 2. The molecule has 3 rings (SSSR count). The summed E-state index contributed by atoms with van der Waals surface area (Å²) >= 11 is 0. The summed E-state index contributed by atoms with van der Waals surface area (Å²) in [7, 11) is -1.15. The van der Waals surface area contributed by atoms with Gasteiger partial charge in [0.05, 0.1) is 24.8 Å². The first-order chi connectivity index (χ1) is 13.8. The van der Waals surface area contributed by atoms with E-state index in [4.69, 9.17) is 14.2 Å². The first kappa shape index (κ1) is 20.4.